The molecular weight excluding hydrogens is 428 g/mol. The van der Waals surface area contributed by atoms with Gasteiger partial charge in [-0.15, -0.1) is 0 Å². The van der Waals surface area contributed by atoms with Gasteiger partial charge < -0.3 is 30.0 Å². The second-order valence-electron chi connectivity index (χ2n) is 7.10. The van der Waals surface area contributed by atoms with Gasteiger partial charge in [0.25, 0.3) is 5.91 Å². The van der Waals surface area contributed by atoms with Gasteiger partial charge in [0.1, 0.15) is 22.8 Å². The van der Waals surface area contributed by atoms with Crippen LogP contribution in [-0.2, 0) is 4.79 Å². The Hall–Kier alpha value is -4.47. The van der Waals surface area contributed by atoms with Gasteiger partial charge in [-0.25, -0.2) is 9.48 Å². The number of anilines is 2. The van der Waals surface area contributed by atoms with Gasteiger partial charge in [-0.05, 0) is 35.9 Å². The zero-order valence-corrected chi connectivity index (χ0v) is 18.2. The number of ether oxygens (including phenoxy) is 3. The highest BCUT2D eigenvalue weighted by Gasteiger charge is 2.29. The van der Waals surface area contributed by atoms with Crippen molar-refractivity contribution >= 4 is 23.4 Å². The predicted octanol–water partition coefficient (Wildman–Crippen LogP) is 3.14. The Labute approximate surface area is 189 Å². The number of nitrogens with zero attached hydrogens (tertiary/aromatic N) is 2. The Morgan fingerprint density at radius 1 is 1.03 bits per heavy atom. The standard InChI is InChI=1S/C23H22N4O6/c1-31-15-7-4-13(5-8-15)18-11-17(23(29)30)26-21-16(12-24-27(18)21)22(28)25-14-6-9-19(32-2)20(10-14)33-3/h4-12,18,26H,1-3H3,(H,25,28)(H,29,30)/t18-/m1/s1. The maximum atomic E-state index is 13.0. The van der Waals surface area contributed by atoms with E-state index in [-0.39, 0.29) is 17.1 Å². The number of benzene rings is 2. The molecule has 2 aromatic carbocycles. The number of hydrogen-bond donors (Lipinski definition) is 3. The van der Waals surface area contributed by atoms with Crippen molar-refractivity contribution in [3.8, 4) is 17.2 Å². The lowest BCUT2D eigenvalue weighted by Gasteiger charge is -2.24. The van der Waals surface area contributed by atoms with Crippen molar-refractivity contribution in [1.82, 2.24) is 9.78 Å². The van der Waals surface area contributed by atoms with Crippen LogP contribution in [0.4, 0.5) is 11.5 Å². The zero-order chi connectivity index (χ0) is 23.5. The summed E-state index contributed by atoms with van der Waals surface area (Å²) in [7, 11) is 4.59. The van der Waals surface area contributed by atoms with Crippen molar-refractivity contribution in [1.29, 1.82) is 0 Å². The smallest absolute Gasteiger partial charge is 0.352 e. The topological polar surface area (TPSA) is 124 Å². The highest BCUT2D eigenvalue weighted by atomic mass is 16.5. The van der Waals surface area contributed by atoms with Crippen molar-refractivity contribution < 1.29 is 28.9 Å². The molecule has 1 aromatic heterocycles. The highest BCUT2D eigenvalue weighted by Crippen LogP contribution is 2.34. The average Bonchev–Trinajstić information content (AvgIpc) is 3.27. The third-order valence-electron chi connectivity index (χ3n) is 5.21. The van der Waals surface area contributed by atoms with Crippen molar-refractivity contribution in [3.63, 3.8) is 0 Å². The highest BCUT2D eigenvalue weighted by molar-refractivity contribution is 6.08. The van der Waals surface area contributed by atoms with E-state index in [1.54, 1.807) is 48.2 Å². The summed E-state index contributed by atoms with van der Waals surface area (Å²) in [6.07, 6.45) is 2.94. The van der Waals surface area contributed by atoms with Crippen LogP contribution in [-0.4, -0.2) is 48.1 Å². The first-order chi connectivity index (χ1) is 15.9. The van der Waals surface area contributed by atoms with Gasteiger partial charge in [0.05, 0.1) is 33.6 Å². The molecule has 0 saturated heterocycles. The number of methoxy groups -OCH3 is 3. The fourth-order valence-electron chi connectivity index (χ4n) is 3.54. The number of aromatic nitrogens is 2. The van der Waals surface area contributed by atoms with E-state index in [0.29, 0.717) is 22.9 Å². The van der Waals surface area contributed by atoms with Crippen molar-refractivity contribution in [2.45, 2.75) is 6.04 Å². The second-order valence-corrected chi connectivity index (χ2v) is 7.10. The van der Waals surface area contributed by atoms with Gasteiger partial charge in [0.2, 0.25) is 0 Å². The maximum absolute atomic E-state index is 13.0. The van der Waals surface area contributed by atoms with Crippen molar-refractivity contribution in [2.75, 3.05) is 32.0 Å². The van der Waals surface area contributed by atoms with Crippen LogP contribution in [0.3, 0.4) is 0 Å². The van der Waals surface area contributed by atoms with Crippen LogP contribution in [0.15, 0.2) is 60.4 Å². The Balaban J connectivity index is 1.67. The van der Waals surface area contributed by atoms with Gasteiger partial charge in [-0.1, -0.05) is 12.1 Å². The fraction of sp³-hybridized carbons (Fsp3) is 0.174. The van der Waals surface area contributed by atoms with E-state index in [1.165, 1.54) is 20.4 Å². The third kappa shape index (κ3) is 4.18. The molecule has 1 amide bonds. The Kier molecular flexibility index (Phi) is 5.90. The monoisotopic (exact) mass is 450 g/mol. The van der Waals surface area contributed by atoms with Crippen molar-refractivity contribution in [2.24, 2.45) is 0 Å². The number of hydrogen-bond acceptors (Lipinski definition) is 7. The predicted molar refractivity (Wildman–Crippen MR) is 120 cm³/mol. The van der Waals surface area contributed by atoms with Crippen molar-refractivity contribution in [3.05, 3.63) is 71.6 Å². The van der Waals surface area contributed by atoms with E-state index < -0.39 is 17.9 Å². The van der Waals surface area contributed by atoms with Crippen LogP contribution in [0.25, 0.3) is 0 Å². The quantitative estimate of drug-likeness (QED) is 0.502. The largest absolute Gasteiger partial charge is 0.497 e. The lowest BCUT2D eigenvalue weighted by atomic mass is 10.0. The molecule has 0 radical (unpaired) electrons. The molecule has 3 aromatic rings. The van der Waals surface area contributed by atoms with E-state index in [0.717, 1.165) is 5.56 Å². The molecule has 170 valence electrons. The summed E-state index contributed by atoms with van der Waals surface area (Å²) in [6, 6.07) is 11.6. The minimum absolute atomic E-state index is 0.0519. The van der Waals surface area contributed by atoms with E-state index in [1.807, 2.05) is 12.1 Å². The molecule has 0 aliphatic carbocycles. The SMILES string of the molecule is COc1ccc([C@H]2C=C(C(=O)O)Nc3c(C(=O)Nc4ccc(OC)c(OC)c4)cnn32)cc1. The summed E-state index contributed by atoms with van der Waals surface area (Å²) in [5.74, 6) is 0.322. The summed E-state index contributed by atoms with van der Waals surface area (Å²) in [4.78, 5) is 24.8. The van der Waals surface area contributed by atoms with Gasteiger partial charge in [-0.2, -0.15) is 5.10 Å². The summed E-state index contributed by atoms with van der Waals surface area (Å²) in [5, 5.41) is 19.6. The number of carboxylic acids is 1. The summed E-state index contributed by atoms with van der Waals surface area (Å²) in [5.41, 5.74) is 1.40. The van der Waals surface area contributed by atoms with Crippen LogP contribution in [0.5, 0.6) is 17.2 Å². The fourth-order valence-corrected chi connectivity index (χ4v) is 3.54. The lowest BCUT2D eigenvalue weighted by molar-refractivity contribution is -0.132. The Bertz CT molecular complexity index is 1230. The van der Waals surface area contributed by atoms with Crippen LogP contribution in [0.1, 0.15) is 22.0 Å². The normalized spacial score (nSPS) is 14.4. The molecule has 0 unspecified atom stereocenters. The molecule has 1 aliphatic heterocycles. The Morgan fingerprint density at radius 2 is 1.76 bits per heavy atom. The molecule has 3 N–H and O–H groups in total. The van der Waals surface area contributed by atoms with E-state index in [9.17, 15) is 14.7 Å². The molecule has 33 heavy (non-hydrogen) atoms. The molecule has 2 heterocycles. The molecular formula is C23H22N4O6. The first-order valence-electron chi connectivity index (χ1n) is 9.92. The maximum Gasteiger partial charge on any atom is 0.352 e. The van der Waals surface area contributed by atoms with E-state index >= 15 is 0 Å². The minimum atomic E-state index is -1.15. The second kappa shape index (κ2) is 8.95. The first-order valence-corrected chi connectivity index (χ1v) is 9.92. The number of amides is 1. The third-order valence-corrected chi connectivity index (χ3v) is 5.21. The van der Waals surface area contributed by atoms with Crippen LogP contribution < -0.4 is 24.8 Å². The molecule has 10 nitrogen and oxygen atoms in total. The average molecular weight is 450 g/mol. The van der Waals surface area contributed by atoms with E-state index in [2.05, 4.69) is 15.7 Å². The van der Waals surface area contributed by atoms with Gasteiger partial charge in [-0.3, -0.25) is 4.79 Å². The number of carbonyl (C=O) groups excluding carboxylic acids is 1. The molecule has 4 rings (SSSR count). The Morgan fingerprint density at radius 3 is 2.39 bits per heavy atom. The lowest BCUT2D eigenvalue weighted by Crippen LogP contribution is -2.25. The molecule has 0 bridgehead atoms. The number of carbonyl (C=O) groups is 2. The molecule has 0 spiro atoms. The van der Waals surface area contributed by atoms with Gasteiger partial charge in [0, 0.05) is 11.8 Å². The van der Waals surface area contributed by atoms with Crippen LogP contribution in [0, 0.1) is 0 Å². The van der Waals surface area contributed by atoms with Gasteiger partial charge in [0.15, 0.2) is 11.5 Å². The number of aliphatic carboxylic acids is 1. The zero-order valence-electron chi connectivity index (χ0n) is 18.2. The summed E-state index contributed by atoms with van der Waals surface area (Å²) in [6.45, 7) is 0. The molecule has 1 aliphatic rings. The molecule has 0 fully saturated rings. The molecule has 10 heteroatoms. The number of rotatable bonds is 7. The number of carboxylic acid groups (broad SMARTS) is 1. The number of nitrogens with one attached hydrogen (secondary N) is 2. The van der Waals surface area contributed by atoms with Gasteiger partial charge >= 0.3 is 5.97 Å². The number of allylic oxidation sites excluding steroid dienone is 1. The molecule has 1 atom stereocenters. The first kappa shape index (κ1) is 21.8. The summed E-state index contributed by atoms with van der Waals surface area (Å²) >= 11 is 0. The minimum Gasteiger partial charge on any atom is -0.497 e. The number of fused-ring (bicyclic) bond motifs is 1. The molecule has 0 saturated carbocycles. The van der Waals surface area contributed by atoms with Crippen LogP contribution >= 0.6 is 0 Å². The summed E-state index contributed by atoms with van der Waals surface area (Å²) < 4.78 is 17.2. The van der Waals surface area contributed by atoms with E-state index in [4.69, 9.17) is 14.2 Å². The van der Waals surface area contributed by atoms with Crippen LogP contribution in [0.2, 0.25) is 0 Å².